The molecule has 0 aromatic rings. The normalized spacial score (nSPS) is 19.0. The highest BCUT2D eigenvalue weighted by atomic mass is 19.4. The van der Waals surface area contributed by atoms with Gasteiger partial charge < -0.3 is 10.2 Å². The van der Waals surface area contributed by atoms with Crippen LogP contribution in [-0.4, -0.2) is 91.8 Å². The van der Waals surface area contributed by atoms with Crippen LogP contribution in [0.3, 0.4) is 0 Å². The minimum absolute atomic E-state index is 0.248. The number of hydrogen-bond donors (Lipinski definition) is 1. The van der Waals surface area contributed by atoms with E-state index in [2.05, 4.69) is 47.8 Å². The molecule has 166 valence electrons. The second kappa shape index (κ2) is 11.9. The van der Waals surface area contributed by atoms with Gasteiger partial charge in [-0.25, -0.2) is 0 Å². The predicted molar refractivity (Wildman–Crippen MR) is 111 cm³/mol. The van der Waals surface area contributed by atoms with Crippen molar-refractivity contribution in [1.82, 2.24) is 20.0 Å². The molecule has 0 bridgehead atoms. The van der Waals surface area contributed by atoms with Crippen LogP contribution in [0.25, 0.3) is 0 Å². The van der Waals surface area contributed by atoms with E-state index in [9.17, 15) is 13.2 Å². The summed E-state index contributed by atoms with van der Waals surface area (Å²) in [6.45, 7) is 14.2. The Labute approximate surface area is 169 Å². The maximum atomic E-state index is 12.7. The number of alkyl halides is 3. The number of likely N-dealkylation sites (tertiary alicyclic amines) is 1. The van der Waals surface area contributed by atoms with E-state index in [1.165, 1.54) is 4.90 Å². The number of nitrogens with zero attached hydrogens (tertiary/aromatic N) is 4. The highest BCUT2D eigenvalue weighted by Crippen LogP contribution is 2.21. The molecule has 1 heterocycles. The number of rotatable bonds is 10. The Morgan fingerprint density at radius 1 is 1.21 bits per heavy atom. The van der Waals surface area contributed by atoms with E-state index in [0.29, 0.717) is 25.2 Å². The first-order valence-electron chi connectivity index (χ1n) is 10.6. The third-order valence-electron chi connectivity index (χ3n) is 5.37. The number of nitrogens with one attached hydrogen (secondary N) is 1. The average Bonchev–Trinajstić information content (AvgIpc) is 3.03. The fourth-order valence-corrected chi connectivity index (χ4v) is 4.00. The quantitative estimate of drug-likeness (QED) is 0.342. The summed E-state index contributed by atoms with van der Waals surface area (Å²) in [5.41, 5.74) is 0. The molecular formula is C20H40F3N5. The molecule has 1 fully saturated rings. The third kappa shape index (κ3) is 8.99. The van der Waals surface area contributed by atoms with Crippen molar-refractivity contribution in [3.8, 4) is 0 Å². The Hall–Kier alpha value is -1.02. The van der Waals surface area contributed by atoms with Gasteiger partial charge in [0.25, 0.3) is 0 Å². The molecule has 28 heavy (non-hydrogen) atoms. The maximum absolute atomic E-state index is 12.7. The molecule has 1 atom stereocenters. The van der Waals surface area contributed by atoms with Crippen LogP contribution in [0, 0.1) is 5.92 Å². The van der Waals surface area contributed by atoms with Crippen LogP contribution in [0.4, 0.5) is 13.2 Å². The molecule has 0 radical (unpaired) electrons. The Balaban J connectivity index is 2.42. The predicted octanol–water partition coefficient (Wildman–Crippen LogP) is 3.28. The van der Waals surface area contributed by atoms with Gasteiger partial charge >= 0.3 is 6.18 Å². The van der Waals surface area contributed by atoms with Crippen molar-refractivity contribution in [2.45, 2.75) is 65.7 Å². The van der Waals surface area contributed by atoms with Crippen molar-refractivity contribution >= 4 is 5.96 Å². The van der Waals surface area contributed by atoms with Crippen LogP contribution >= 0.6 is 0 Å². The van der Waals surface area contributed by atoms with Gasteiger partial charge in [-0.15, -0.1) is 0 Å². The topological polar surface area (TPSA) is 34.1 Å². The fourth-order valence-electron chi connectivity index (χ4n) is 4.00. The van der Waals surface area contributed by atoms with E-state index >= 15 is 0 Å². The van der Waals surface area contributed by atoms with Gasteiger partial charge in [0, 0.05) is 51.9 Å². The molecule has 1 unspecified atom stereocenters. The van der Waals surface area contributed by atoms with Crippen LogP contribution in [0.2, 0.25) is 0 Å². The van der Waals surface area contributed by atoms with E-state index < -0.39 is 12.7 Å². The Morgan fingerprint density at radius 2 is 1.86 bits per heavy atom. The zero-order valence-corrected chi connectivity index (χ0v) is 18.5. The van der Waals surface area contributed by atoms with Crippen molar-refractivity contribution < 1.29 is 13.2 Å². The van der Waals surface area contributed by atoms with Crippen molar-refractivity contribution in [1.29, 1.82) is 0 Å². The van der Waals surface area contributed by atoms with E-state index in [-0.39, 0.29) is 5.92 Å². The smallest absolute Gasteiger partial charge is 0.356 e. The van der Waals surface area contributed by atoms with E-state index in [4.69, 9.17) is 0 Å². The monoisotopic (exact) mass is 407 g/mol. The van der Waals surface area contributed by atoms with Gasteiger partial charge in [0.2, 0.25) is 0 Å². The molecule has 1 aliphatic heterocycles. The van der Waals surface area contributed by atoms with Gasteiger partial charge in [0.1, 0.15) is 0 Å². The van der Waals surface area contributed by atoms with Crippen molar-refractivity contribution in [2.24, 2.45) is 10.9 Å². The maximum Gasteiger partial charge on any atom is 0.401 e. The standard InChI is InChI=1S/C20H40F3N5/c1-7-26(15-20(21,22)23)13-18-9-12-27(14-18)19(24-6)25-10-8-11-28(16(2)3)17(4)5/h16-18H,7-15H2,1-6H3,(H,24,25). The second-order valence-electron chi connectivity index (χ2n) is 8.30. The fraction of sp³-hybridized carbons (Fsp3) is 0.950. The van der Waals surface area contributed by atoms with Crippen LogP contribution in [0.5, 0.6) is 0 Å². The van der Waals surface area contributed by atoms with Gasteiger partial charge in [-0.1, -0.05) is 6.92 Å². The van der Waals surface area contributed by atoms with Crippen LogP contribution in [0.1, 0.15) is 47.5 Å². The molecular weight excluding hydrogens is 367 g/mol. The minimum Gasteiger partial charge on any atom is -0.356 e. The molecule has 0 aromatic carbocycles. The average molecular weight is 408 g/mol. The largest absolute Gasteiger partial charge is 0.401 e. The number of halogens is 3. The lowest BCUT2D eigenvalue weighted by atomic mass is 10.1. The summed E-state index contributed by atoms with van der Waals surface area (Å²) in [7, 11) is 1.77. The number of hydrogen-bond acceptors (Lipinski definition) is 3. The molecule has 8 heteroatoms. The molecule has 0 spiro atoms. The second-order valence-corrected chi connectivity index (χ2v) is 8.30. The highest BCUT2D eigenvalue weighted by molar-refractivity contribution is 5.80. The van der Waals surface area contributed by atoms with Gasteiger partial charge in [0.15, 0.2) is 5.96 Å². The first-order valence-corrected chi connectivity index (χ1v) is 10.6. The number of guanidine groups is 1. The van der Waals surface area contributed by atoms with Gasteiger partial charge in [0.05, 0.1) is 6.54 Å². The Kier molecular flexibility index (Phi) is 10.6. The lowest BCUT2D eigenvalue weighted by Gasteiger charge is -2.30. The molecule has 1 aliphatic rings. The summed E-state index contributed by atoms with van der Waals surface area (Å²) < 4.78 is 38.0. The molecule has 1 saturated heterocycles. The van der Waals surface area contributed by atoms with E-state index in [1.54, 1.807) is 14.0 Å². The summed E-state index contributed by atoms with van der Waals surface area (Å²) in [6, 6.07) is 1.05. The zero-order chi connectivity index (χ0) is 21.3. The lowest BCUT2D eigenvalue weighted by molar-refractivity contribution is -0.146. The van der Waals surface area contributed by atoms with Gasteiger partial charge in [-0.2, -0.15) is 13.2 Å². The van der Waals surface area contributed by atoms with Gasteiger partial charge in [-0.3, -0.25) is 14.8 Å². The summed E-state index contributed by atoms with van der Waals surface area (Å²) in [5, 5.41) is 3.43. The summed E-state index contributed by atoms with van der Waals surface area (Å²) in [6.07, 6.45) is -2.20. The molecule has 1 N–H and O–H groups in total. The van der Waals surface area contributed by atoms with Crippen LogP contribution in [0.15, 0.2) is 4.99 Å². The van der Waals surface area contributed by atoms with Gasteiger partial charge in [-0.05, 0) is 53.0 Å². The van der Waals surface area contributed by atoms with E-state index in [0.717, 1.165) is 45.0 Å². The first kappa shape index (κ1) is 25.0. The van der Waals surface area contributed by atoms with E-state index in [1.807, 2.05) is 0 Å². The third-order valence-corrected chi connectivity index (χ3v) is 5.37. The lowest BCUT2D eigenvalue weighted by Crippen LogP contribution is -2.43. The van der Waals surface area contributed by atoms with Crippen LogP contribution in [-0.2, 0) is 0 Å². The highest BCUT2D eigenvalue weighted by Gasteiger charge is 2.33. The molecule has 0 saturated carbocycles. The van der Waals surface area contributed by atoms with Crippen LogP contribution < -0.4 is 5.32 Å². The Bertz CT molecular complexity index is 457. The van der Waals surface area contributed by atoms with Crippen molar-refractivity contribution in [2.75, 3.05) is 52.9 Å². The SMILES string of the molecule is CCN(CC1CCN(C(=NC)NCCCN(C(C)C)C(C)C)C1)CC(F)(F)F. The molecule has 0 amide bonds. The van der Waals surface area contributed by atoms with Crippen molar-refractivity contribution in [3.05, 3.63) is 0 Å². The molecule has 0 aromatic heterocycles. The summed E-state index contributed by atoms with van der Waals surface area (Å²) in [5.74, 6) is 1.11. The molecule has 0 aliphatic carbocycles. The van der Waals surface area contributed by atoms with Crippen molar-refractivity contribution in [3.63, 3.8) is 0 Å². The Morgan fingerprint density at radius 3 is 2.36 bits per heavy atom. The zero-order valence-electron chi connectivity index (χ0n) is 18.5. The first-order chi connectivity index (χ1) is 13.1. The summed E-state index contributed by atoms with van der Waals surface area (Å²) >= 11 is 0. The summed E-state index contributed by atoms with van der Waals surface area (Å²) in [4.78, 5) is 10.5. The number of aliphatic imine (C=N–C) groups is 1. The minimum atomic E-state index is -4.13. The molecule has 1 rings (SSSR count). The molecule has 5 nitrogen and oxygen atoms in total.